The van der Waals surface area contributed by atoms with Gasteiger partial charge in [0.25, 0.3) is 0 Å². The van der Waals surface area contributed by atoms with Crippen LogP contribution in [0.4, 0.5) is 19.4 Å². The molecule has 6 rings (SSSR count). The maximum absolute atomic E-state index is 15.3. The van der Waals surface area contributed by atoms with Crippen molar-refractivity contribution in [3.8, 4) is 11.3 Å². The number of hydrogen-bond acceptors (Lipinski definition) is 5. The highest BCUT2D eigenvalue weighted by atomic mass is 19.1. The van der Waals surface area contributed by atoms with Gasteiger partial charge in [-0.15, -0.1) is 0 Å². The first kappa shape index (κ1) is 19.7. The summed E-state index contributed by atoms with van der Waals surface area (Å²) in [6, 6.07) is 5.07. The van der Waals surface area contributed by atoms with E-state index in [4.69, 9.17) is 9.72 Å². The Bertz CT molecular complexity index is 1370. The summed E-state index contributed by atoms with van der Waals surface area (Å²) in [6.45, 7) is 2.31. The van der Waals surface area contributed by atoms with Crippen molar-refractivity contribution >= 4 is 28.8 Å². The monoisotopic (exact) mass is 448 g/mol. The fourth-order valence-electron chi connectivity index (χ4n) is 4.34. The van der Waals surface area contributed by atoms with E-state index in [2.05, 4.69) is 15.3 Å². The van der Waals surface area contributed by atoms with Crippen LogP contribution in [-0.4, -0.2) is 58.5 Å². The van der Waals surface area contributed by atoms with Crippen LogP contribution in [-0.2, 0) is 4.74 Å². The van der Waals surface area contributed by atoms with Gasteiger partial charge in [0.15, 0.2) is 11.5 Å². The highest BCUT2D eigenvalue weighted by Gasteiger charge is 2.29. The molecule has 4 heterocycles. The molecule has 1 fully saturated rings. The van der Waals surface area contributed by atoms with Gasteiger partial charge in [0, 0.05) is 18.7 Å². The zero-order valence-corrected chi connectivity index (χ0v) is 17.3. The van der Waals surface area contributed by atoms with Gasteiger partial charge in [0.05, 0.1) is 42.6 Å². The van der Waals surface area contributed by atoms with E-state index in [-0.39, 0.29) is 5.82 Å². The van der Waals surface area contributed by atoms with Gasteiger partial charge in [-0.05, 0) is 42.0 Å². The molecule has 1 unspecified atom stereocenters. The molecular weight excluding hydrogens is 430 g/mol. The number of ether oxygens (including phenoxy) is 1. The molecule has 0 saturated carbocycles. The third-order valence-electron chi connectivity index (χ3n) is 5.89. The molecule has 2 aromatic heterocycles. The number of amides is 2. The van der Waals surface area contributed by atoms with Crippen molar-refractivity contribution in [2.45, 2.75) is 6.04 Å². The van der Waals surface area contributed by atoms with Gasteiger partial charge < -0.3 is 15.0 Å². The van der Waals surface area contributed by atoms with Gasteiger partial charge >= 0.3 is 6.03 Å². The highest BCUT2D eigenvalue weighted by molar-refractivity contribution is 6.15. The van der Waals surface area contributed by atoms with Crippen LogP contribution in [0.25, 0.3) is 22.5 Å². The Kier molecular flexibility index (Phi) is 4.54. The maximum atomic E-state index is 15.3. The molecule has 1 N–H and O–H groups in total. The standard InChI is InChI=1S/C23H18F2N6O2/c24-15-4-1-13(2-5-15)19-20(14-3-6-16-17(11-14)28-23(32)27-16)31-18(25)12-26-21(22(31)29-19)30-7-9-33-10-8-30/h1-6,11-12,17H,7-10H2,(H,28,32). The molecule has 0 spiro atoms. The van der Waals surface area contributed by atoms with Gasteiger partial charge in [0.2, 0.25) is 5.95 Å². The predicted octanol–water partition coefficient (Wildman–Crippen LogP) is 3.00. The van der Waals surface area contributed by atoms with E-state index >= 15 is 4.39 Å². The first-order valence-corrected chi connectivity index (χ1v) is 10.5. The summed E-state index contributed by atoms with van der Waals surface area (Å²) in [7, 11) is 0. The number of aromatic nitrogens is 3. The van der Waals surface area contributed by atoms with Crippen molar-refractivity contribution < 1.29 is 18.3 Å². The van der Waals surface area contributed by atoms with E-state index in [0.29, 0.717) is 66.0 Å². The smallest absolute Gasteiger partial charge is 0.342 e. The number of anilines is 1. The molecule has 1 aromatic carbocycles. The van der Waals surface area contributed by atoms with Crippen LogP contribution >= 0.6 is 0 Å². The molecule has 33 heavy (non-hydrogen) atoms. The predicted molar refractivity (Wildman–Crippen MR) is 118 cm³/mol. The molecular formula is C23H18F2N6O2. The zero-order valence-electron chi connectivity index (χ0n) is 17.3. The summed E-state index contributed by atoms with van der Waals surface area (Å²) < 4.78 is 35.8. The number of nitrogens with zero attached hydrogens (tertiary/aromatic N) is 5. The number of carbonyl (C=O) groups excluding carboxylic acids is 1. The number of hydrogen-bond donors (Lipinski definition) is 1. The van der Waals surface area contributed by atoms with Crippen LogP contribution < -0.4 is 10.2 Å². The molecule has 0 bridgehead atoms. The number of rotatable bonds is 3. The fraction of sp³-hybridized carbons (Fsp3) is 0.217. The topological polar surface area (TPSA) is 84.1 Å². The van der Waals surface area contributed by atoms with E-state index in [1.54, 1.807) is 24.3 Å². The van der Waals surface area contributed by atoms with Gasteiger partial charge in [-0.3, -0.25) is 4.40 Å². The lowest BCUT2D eigenvalue weighted by molar-refractivity contribution is 0.122. The summed E-state index contributed by atoms with van der Waals surface area (Å²) in [5.74, 6) is -0.412. The van der Waals surface area contributed by atoms with Crippen LogP contribution in [0, 0.1) is 11.8 Å². The van der Waals surface area contributed by atoms with Crippen molar-refractivity contribution in [3.63, 3.8) is 0 Å². The number of aliphatic imine (C=N–C) groups is 1. The van der Waals surface area contributed by atoms with Gasteiger partial charge in [-0.1, -0.05) is 6.08 Å². The third kappa shape index (κ3) is 3.30. The first-order chi connectivity index (χ1) is 16.1. The number of imidazole rings is 1. The Morgan fingerprint density at radius 1 is 1.09 bits per heavy atom. The van der Waals surface area contributed by atoms with Crippen molar-refractivity contribution in [2.75, 3.05) is 31.2 Å². The summed E-state index contributed by atoms with van der Waals surface area (Å²) in [4.78, 5) is 26.8. The number of morpholine rings is 1. The number of fused-ring (bicyclic) bond motifs is 2. The Labute approximate surface area is 186 Å². The lowest BCUT2D eigenvalue weighted by Gasteiger charge is -2.27. The third-order valence-corrected chi connectivity index (χ3v) is 5.89. The summed E-state index contributed by atoms with van der Waals surface area (Å²) >= 11 is 0. The molecule has 1 aliphatic carbocycles. The highest BCUT2D eigenvalue weighted by Crippen LogP contribution is 2.35. The fourth-order valence-corrected chi connectivity index (χ4v) is 4.34. The van der Waals surface area contributed by atoms with Crippen LogP contribution in [0.1, 0.15) is 5.69 Å². The quantitative estimate of drug-likeness (QED) is 0.666. The molecule has 166 valence electrons. The van der Waals surface area contributed by atoms with Crippen molar-refractivity contribution in [1.82, 2.24) is 19.7 Å². The van der Waals surface area contributed by atoms with Gasteiger partial charge in [-0.2, -0.15) is 9.38 Å². The first-order valence-electron chi connectivity index (χ1n) is 10.5. The second kappa shape index (κ2) is 7.59. The lowest BCUT2D eigenvalue weighted by atomic mass is 9.96. The SMILES string of the molecule is O=C1N=C2C=CC(c3c(-c4ccc(F)cc4)nc4c(N5CCOCC5)ncc(F)n34)=CC2N1. The van der Waals surface area contributed by atoms with Crippen LogP contribution in [0.2, 0.25) is 0 Å². The molecule has 8 nitrogen and oxygen atoms in total. The number of carbonyl (C=O) groups is 1. The molecule has 10 heteroatoms. The number of benzene rings is 1. The minimum absolute atomic E-state index is 0.357. The molecule has 0 radical (unpaired) electrons. The van der Waals surface area contributed by atoms with E-state index in [1.807, 2.05) is 11.0 Å². The van der Waals surface area contributed by atoms with E-state index in [0.717, 1.165) is 0 Å². The molecule has 3 aliphatic rings. The van der Waals surface area contributed by atoms with Crippen molar-refractivity contribution in [3.05, 3.63) is 66.1 Å². The molecule has 1 atom stereocenters. The van der Waals surface area contributed by atoms with Gasteiger partial charge in [-0.25, -0.2) is 19.2 Å². The summed E-state index contributed by atoms with van der Waals surface area (Å²) in [5.41, 5.74) is 3.21. The second-order valence-corrected chi connectivity index (χ2v) is 7.90. The van der Waals surface area contributed by atoms with Crippen molar-refractivity contribution in [2.24, 2.45) is 4.99 Å². The van der Waals surface area contributed by atoms with Crippen LogP contribution in [0.5, 0.6) is 0 Å². The Morgan fingerprint density at radius 2 is 1.88 bits per heavy atom. The minimum Gasteiger partial charge on any atom is -0.378 e. The summed E-state index contributed by atoms with van der Waals surface area (Å²) in [5, 5.41) is 2.76. The summed E-state index contributed by atoms with van der Waals surface area (Å²) in [6.07, 6.45) is 6.50. The molecule has 1 saturated heterocycles. The van der Waals surface area contributed by atoms with Crippen molar-refractivity contribution in [1.29, 1.82) is 0 Å². The largest absolute Gasteiger partial charge is 0.378 e. The molecule has 3 aromatic rings. The minimum atomic E-state index is -0.581. The van der Waals surface area contributed by atoms with E-state index in [1.165, 1.54) is 22.7 Å². The number of allylic oxidation sites excluding steroid dienone is 2. The number of nitrogens with one attached hydrogen (secondary N) is 1. The average Bonchev–Trinajstić information content (AvgIpc) is 3.40. The van der Waals surface area contributed by atoms with Crippen LogP contribution in [0.15, 0.2) is 53.7 Å². The Hall–Kier alpha value is -3.92. The molecule has 2 aliphatic heterocycles. The Balaban J connectivity index is 1.59. The van der Waals surface area contributed by atoms with E-state index in [9.17, 15) is 9.18 Å². The lowest BCUT2D eigenvalue weighted by Crippen LogP contribution is -2.37. The van der Waals surface area contributed by atoms with Gasteiger partial charge in [0.1, 0.15) is 5.82 Å². The number of halogens is 2. The average molecular weight is 448 g/mol. The Morgan fingerprint density at radius 3 is 2.67 bits per heavy atom. The normalized spacial score (nSPS) is 20.0. The number of urea groups is 1. The maximum Gasteiger partial charge on any atom is 0.342 e. The molecule has 2 amide bonds. The second-order valence-electron chi connectivity index (χ2n) is 7.90. The van der Waals surface area contributed by atoms with Crippen LogP contribution in [0.3, 0.4) is 0 Å². The zero-order chi connectivity index (χ0) is 22.5. The van der Waals surface area contributed by atoms with E-state index < -0.39 is 18.0 Å².